The standard InChI is InChI=1S/C4H8O4S/c1-3(5)4(2)9(6,7)8/h4H,1-2H3,(H,6,7,8). The molecule has 1 unspecified atom stereocenters. The maximum absolute atomic E-state index is 10.3. The Labute approximate surface area is 53.6 Å². The van der Waals surface area contributed by atoms with E-state index in [1.165, 1.54) is 0 Å². The lowest BCUT2D eigenvalue weighted by Gasteiger charge is -1.99. The summed E-state index contributed by atoms with van der Waals surface area (Å²) in [7, 11) is -4.15. The summed E-state index contributed by atoms with van der Waals surface area (Å²) in [6, 6.07) is 0. The molecule has 4 nitrogen and oxygen atoms in total. The van der Waals surface area contributed by atoms with Crippen LogP contribution < -0.4 is 0 Å². The van der Waals surface area contributed by atoms with Crippen LogP contribution in [0.4, 0.5) is 0 Å². The van der Waals surface area contributed by atoms with Crippen LogP contribution in [-0.4, -0.2) is 24.0 Å². The average Bonchev–Trinajstić information content (AvgIpc) is 1.62. The molecule has 0 heterocycles. The highest BCUT2D eigenvalue weighted by molar-refractivity contribution is 7.87. The third-order valence-corrected chi connectivity index (χ3v) is 2.24. The van der Waals surface area contributed by atoms with Gasteiger partial charge in [0, 0.05) is 0 Å². The van der Waals surface area contributed by atoms with E-state index in [9.17, 15) is 13.2 Å². The van der Waals surface area contributed by atoms with E-state index in [0.29, 0.717) is 0 Å². The van der Waals surface area contributed by atoms with Gasteiger partial charge in [0.05, 0.1) is 0 Å². The number of hydrogen-bond donors (Lipinski definition) is 1. The second kappa shape index (κ2) is 2.45. The van der Waals surface area contributed by atoms with Crippen LogP contribution in [-0.2, 0) is 14.9 Å². The van der Waals surface area contributed by atoms with Crippen molar-refractivity contribution in [3.8, 4) is 0 Å². The Morgan fingerprint density at radius 1 is 1.56 bits per heavy atom. The summed E-state index contributed by atoms with van der Waals surface area (Å²) >= 11 is 0. The minimum Gasteiger partial charge on any atom is -0.298 e. The zero-order valence-electron chi connectivity index (χ0n) is 5.16. The highest BCUT2D eigenvalue weighted by Crippen LogP contribution is 1.96. The number of rotatable bonds is 2. The van der Waals surface area contributed by atoms with Crippen LogP contribution in [0.1, 0.15) is 13.8 Å². The Morgan fingerprint density at radius 3 is 1.89 bits per heavy atom. The molecular weight excluding hydrogens is 144 g/mol. The van der Waals surface area contributed by atoms with Crippen LogP contribution in [0.15, 0.2) is 0 Å². The second-order valence-electron chi connectivity index (χ2n) is 1.77. The second-order valence-corrected chi connectivity index (χ2v) is 3.50. The van der Waals surface area contributed by atoms with Crippen LogP contribution in [0, 0.1) is 0 Å². The predicted molar refractivity (Wildman–Crippen MR) is 31.7 cm³/mol. The van der Waals surface area contributed by atoms with Gasteiger partial charge in [0.15, 0.2) is 0 Å². The molecule has 54 valence electrons. The highest BCUT2D eigenvalue weighted by Gasteiger charge is 2.21. The molecule has 0 amide bonds. The molecule has 1 N–H and O–H groups in total. The fraction of sp³-hybridized carbons (Fsp3) is 0.750. The van der Waals surface area contributed by atoms with Gasteiger partial charge in [-0.2, -0.15) is 8.42 Å². The molecule has 0 saturated heterocycles. The summed E-state index contributed by atoms with van der Waals surface area (Å²) in [5.74, 6) is -0.558. The Bertz CT molecular complexity index is 203. The predicted octanol–water partition coefficient (Wildman–Crippen LogP) is -0.148. The zero-order valence-corrected chi connectivity index (χ0v) is 5.97. The molecule has 9 heavy (non-hydrogen) atoms. The van der Waals surface area contributed by atoms with Crippen molar-refractivity contribution < 1.29 is 17.8 Å². The summed E-state index contributed by atoms with van der Waals surface area (Å²) in [6.07, 6.45) is 0. The van der Waals surface area contributed by atoms with E-state index in [1.54, 1.807) is 0 Å². The number of carbonyl (C=O) groups is 1. The third kappa shape index (κ3) is 2.57. The van der Waals surface area contributed by atoms with Gasteiger partial charge in [-0.1, -0.05) is 0 Å². The van der Waals surface area contributed by atoms with Crippen LogP contribution in [0.2, 0.25) is 0 Å². The molecule has 0 aromatic heterocycles. The molecule has 0 radical (unpaired) electrons. The van der Waals surface area contributed by atoms with E-state index >= 15 is 0 Å². The van der Waals surface area contributed by atoms with Crippen LogP contribution in [0.3, 0.4) is 0 Å². The van der Waals surface area contributed by atoms with Crippen LogP contribution in [0.25, 0.3) is 0 Å². The molecule has 0 bridgehead atoms. The van der Waals surface area contributed by atoms with E-state index in [4.69, 9.17) is 4.55 Å². The largest absolute Gasteiger partial charge is 0.298 e. The van der Waals surface area contributed by atoms with Gasteiger partial charge in [0.25, 0.3) is 10.1 Å². The van der Waals surface area contributed by atoms with Crippen molar-refractivity contribution in [3.63, 3.8) is 0 Å². The van der Waals surface area contributed by atoms with Gasteiger partial charge in [-0.05, 0) is 13.8 Å². The maximum atomic E-state index is 10.3. The molecule has 0 aliphatic heterocycles. The van der Waals surface area contributed by atoms with Gasteiger partial charge in [-0.25, -0.2) is 0 Å². The number of Topliss-reactive ketones (excluding diaryl/α,β-unsaturated/α-hetero) is 1. The summed E-state index contributed by atoms with van der Waals surface area (Å²) in [5.41, 5.74) is 0. The van der Waals surface area contributed by atoms with E-state index in [1.807, 2.05) is 0 Å². The molecule has 0 aromatic rings. The molecule has 0 spiro atoms. The van der Waals surface area contributed by atoms with Crippen molar-refractivity contribution in [3.05, 3.63) is 0 Å². The minimum absolute atomic E-state index is 0.558. The molecule has 1 atom stereocenters. The summed E-state index contributed by atoms with van der Waals surface area (Å²) < 4.78 is 28.4. The topological polar surface area (TPSA) is 71.4 Å². The van der Waals surface area contributed by atoms with Crippen molar-refractivity contribution in [2.45, 2.75) is 19.1 Å². The Morgan fingerprint density at radius 2 is 1.89 bits per heavy atom. The molecule has 0 fully saturated rings. The van der Waals surface area contributed by atoms with Crippen LogP contribution >= 0.6 is 0 Å². The normalized spacial score (nSPS) is 15.0. The molecule has 5 heteroatoms. The van der Waals surface area contributed by atoms with Gasteiger partial charge in [0.2, 0.25) is 0 Å². The maximum Gasteiger partial charge on any atom is 0.274 e. The fourth-order valence-electron chi connectivity index (χ4n) is 0.210. The monoisotopic (exact) mass is 152 g/mol. The van der Waals surface area contributed by atoms with Gasteiger partial charge in [-0.15, -0.1) is 0 Å². The first kappa shape index (κ1) is 8.58. The van der Waals surface area contributed by atoms with Gasteiger partial charge < -0.3 is 0 Å². The Hall–Kier alpha value is -0.420. The summed E-state index contributed by atoms with van der Waals surface area (Å²) in [6.45, 7) is 2.25. The Kier molecular flexibility index (Phi) is 2.33. The lowest BCUT2D eigenvalue weighted by Crippen LogP contribution is -2.23. The van der Waals surface area contributed by atoms with E-state index < -0.39 is 21.2 Å². The smallest absolute Gasteiger partial charge is 0.274 e. The van der Waals surface area contributed by atoms with Crippen molar-refractivity contribution >= 4 is 15.9 Å². The van der Waals surface area contributed by atoms with Gasteiger partial charge in [-0.3, -0.25) is 9.35 Å². The number of carbonyl (C=O) groups excluding carboxylic acids is 1. The average molecular weight is 152 g/mol. The summed E-state index contributed by atoms with van der Waals surface area (Å²) in [5, 5.41) is -1.29. The highest BCUT2D eigenvalue weighted by atomic mass is 32.2. The molecule has 0 aromatic carbocycles. The summed E-state index contributed by atoms with van der Waals surface area (Å²) in [4.78, 5) is 10.3. The molecular formula is C4H8O4S. The zero-order chi connectivity index (χ0) is 7.65. The first-order valence-electron chi connectivity index (χ1n) is 2.32. The lowest BCUT2D eigenvalue weighted by atomic mass is 10.3. The van der Waals surface area contributed by atoms with Crippen molar-refractivity contribution in [2.24, 2.45) is 0 Å². The van der Waals surface area contributed by atoms with Crippen molar-refractivity contribution in [1.82, 2.24) is 0 Å². The lowest BCUT2D eigenvalue weighted by molar-refractivity contribution is -0.116. The Balaban J connectivity index is 4.43. The van der Waals surface area contributed by atoms with Crippen molar-refractivity contribution in [1.29, 1.82) is 0 Å². The third-order valence-electron chi connectivity index (χ3n) is 1.02. The minimum atomic E-state index is -4.15. The number of hydrogen-bond acceptors (Lipinski definition) is 3. The van der Waals surface area contributed by atoms with Gasteiger partial charge >= 0.3 is 0 Å². The van der Waals surface area contributed by atoms with E-state index in [-0.39, 0.29) is 0 Å². The quantitative estimate of drug-likeness (QED) is 0.558. The molecule has 0 aliphatic rings. The van der Waals surface area contributed by atoms with Gasteiger partial charge in [0.1, 0.15) is 11.0 Å². The first-order chi connectivity index (χ1) is 3.85. The van der Waals surface area contributed by atoms with Crippen LogP contribution in [0.5, 0.6) is 0 Å². The molecule has 0 saturated carbocycles. The fourth-order valence-corrected chi connectivity index (χ4v) is 0.629. The van der Waals surface area contributed by atoms with Crippen molar-refractivity contribution in [2.75, 3.05) is 0 Å². The molecule has 0 rings (SSSR count). The molecule has 0 aliphatic carbocycles. The van der Waals surface area contributed by atoms with E-state index in [2.05, 4.69) is 0 Å². The number of ketones is 1. The van der Waals surface area contributed by atoms with E-state index in [0.717, 1.165) is 13.8 Å². The first-order valence-corrected chi connectivity index (χ1v) is 3.82. The SMILES string of the molecule is CC(=O)C(C)S(=O)(=O)O.